The number of rotatable bonds is 8. The van der Waals surface area contributed by atoms with E-state index in [4.69, 9.17) is 4.98 Å². The van der Waals surface area contributed by atoms with Crippen LogP contribution >= 0.6 is 0 Å². The van der Waals surface area contributed by atoms with Gasteiger partial charge in [0.1, 0.15) is 13.9 Å². The van der Waals surface area contributed by atoms with E-state index in [1.165, 1.54) is 36.8 Å². The Bertz CT molecular complexity index is 2070. The Hall–Kier alpha value is -4.41. The van der Waals surface area contributed by atoms with Crippen LogP contribution in [0.4, 0.5) is 0 Å². The average molecular weight is 601 g/mol. The molecular formula is C37H44N6Si. The van der Waals surface area contributed by atoms with Crippen molar-refractivity contribution < 1.29 is 0 Å². The van der Waals surface area contributed by atoms with Gasteiger partial charge in [-0.2, -0.15) is 0 Å². The first-order chi connectivity index (χ1) is 21.3. The highest BCUT2D eigenvalue weighted by atomic mass is 28.3. The Morgan fingerprint density at radius 3 is 2.25 bits per heavy atom. The molecule has 0 fully saturated rings. The van der Waals surface area contributed by atoms with Crippen LogP contribution in [0.15, 0.2) is 60.9 Å². The molecular weight excluding hydrogens is 557 g/mol. The van der Waals surface area contributed by atoms with Gasteiger partial charge in [-0.05, 0) is 73.0 Å². The molecule has 0 unspecified atom stereocenters. The molecule has 1 aliphatic rings. The molecule has 226 valence electrons. The standard InChI is InChI=1S/C37H44N6Si/c1-6-7-8-9-10-12-28-31-18-19-32(41-31)29(13-11-24-44(3,4)5)30-16-14-26(39-30)25-27-15-17-34(40-27)36(35-21-20-33(28)42-35)37-38-22-23-43(37)2/h14-23,25,39-42H,6-10,12-13H2,1-5H3. The van der Waals surface area contributed by atoms with Crippen LogP contribution in [-0.2, 0) is 7.05 Å². The normalized spacial score (nSPS) is 13.2. The number of H-pyrrole nitrogens is 4. The van der Waals surface area contributed by atoms with Crippen molar-refractivity contribution in [2.75, 3.05) is 0 Å². The van der Waals surface area contributed by atoms with Crippen molar-refractivity contribution in [3.05, 3.63) is 111 Å². The van der Waals surface area contributed by atoms with Crippen molar-refractivity contribution in [2.24, 2.45) is 7.05 Å². The number of hydrogen-bond acceptors (Lipinski definition) is 1. The number of aromatic amines is 4. The van der Waals surface area contributed by atoms with Crippen molar-refractivity contribution in [1.82, 2.24) is 29.5 Å². The lowest BCUT2D eigenvalue weighted by molar-refractivity contribution is 0.639. The Morgan fingerprint density at radius 1 is 0.750 bits per heavy atom. The molecule has 5 aromatic rings. The zero-order valence-electron chi connectivity index (χ0n) is 26.7. The Kier molecular flexibility index (Phi) is 8.54. The van der Waals surface area contributed by atoms with Crippen molar-refractivity contribution >= 4 is 30.9 Å². The zero-order valence-corrected chi connectivity index (χ0v) is 27.7. The first-order valence-corrected chi connectivity index (χ1v) is 19.5. The molecule has 8 bridgehead atoms. The minimum absolute atomic E-state index is 0.692. The van der Waals surface area contributed by atoms with Gasteiger partial charge in [-0.25, -0.2) is 4.98 Å². The molecule has 6 nitrogen and oxygen atoms in total. The molecule has 0 atom stereocenters. The van der Waals surface area contributed by atoms with Crippen molar-refractivity contribution in [3.8, 4) is 11.5 Å². The van der Waals surface area contributed by atoms with Crippen LogP contribution in [0.3, 0.4) is 0 Å². The fraction of sp³-hybridized carbons (Fsp3) is 0.324. The molecule has 0 saturated heterocycles. The van der Waals surface area contributed by atoms with Gasteiger partial charge in [0.15, 0.2) is 0 Å². The smallest absolute Gasteiger partial charge is 0.143 e. The van der Waals surface area contributed by atoms with Gasteiger partial charge in [-0.15, -0.1) is 11.5 Å². The molecule has 44 heavy (non-hydrogen) atoms. The Balaban J connectivity index is 1.59. The van der Waals surface area contributed by atoms with Gasteiger partial charge in [0, 0.05) is 64.6 Å². The predicted molar refractivity (Wildman–Crippen MR) is 184 cm³/mol. The summed E-state index contributed by atoms with van der Waals surface area (Å²) in [5.74, 6) is 4.44. The highest BCUT2D eigenvalue weighted by Gasteiger charge is 2.16. The molecule has 1 aliphatic heterocycles. The lowest BCUT2D eigenvalue weighted by Gasteiger charge is -2.08. The number of aryl methyl sites for hydroxylation is 1. The number of aromatic nitrogens is 6. The van der Waals surface area contributed by atoms with E-state index in [0.717, 1.165) is 68.4 Å². The van der Waals surface area contributed by atoms with E-state index in [1.807, 2.05) is 19.4 Å². The van der Waals surface area contributed by atoms with E-state index < -0.39 is 8.07 Å². The minimum atomic E-state index is -1.49. The molecule has 4 N–H and O–H groups in total. The predicted octanol–water partition coefficient (Wildman–Crippen LogP) is 5.15. The highest BCUT2D eigenvalue weighted by Crippen LogP contribution is 2.23. The third-order valence-corrected chi connectivity index (χ3v) is 9.17. The monoisotopic (exact) mass is 600 g/mol. The number of unbranched alkanes of at least 4 members (excludes halogenated alkanes) is 4. The highest BCUT2D eigenvalue weighted by molar-refractivity contribution is 6.83. The summed E-state index contributed by atoms with van der Waals surface area (Å²) in [4.78, 5) is 19.7. The van der Waals surface area contributed by atoms with Gasteiger partial charge < -0.3 is 24.5 Å². The van der Waals surface area contributed by atoms with Gasteiger partial charge in [0.05, 0.1) is 16.6 Å². The molecule has 0 aliphatic carbocycles. The van der Waals surface area contributed by atoms with Crippen molar-refractivity contribution in [1.29, 1.82) is 0 Å². The Morgan fingerprint density at radius 2 is 1.48 bits per heavy atom. The van der Waals surface area contributed by atoms with Crippen LogP contribution in [0, 0.1) is 11.5 Å². The lowest BCUT2D eigenvalue weighted by atomic mass is 10.0. The second-order valence-electron chi connectivity index (χ2n) is 13.0. The van der Waals surface area contributed by atoms with Gasteiger partial charge in [-0.1, -0.05) is 52.2 Å². The molecule has 5 aromatic heterocycles. The number of nitrogens with zero attached hydrogens (tertiary/aromatic N) is 2. The van der Waals surface area contributed by atoms with Crippen LogP contribution in [0.2, 0.25) is 19.6 Å². The van der Waals surface area contributed by atoms with Gasteiger partial charge in [-0.3, -0.25) is 0 Å². The fourth-order valence-electron chi connectivity index (χ4n) is 5.99. The number of imidazole rings is 1. The maximum atomic E-state index is 4.75. The van der Waals surface area contributed by atoms with E-state index in [9.17, 15) is 0 Å². The van der Waals surface area contributed by atoms with Crippen LogP contribution < -0.4 is 21.4 Å². The second kappa shape index (κ2) is 12.7. The lowest BCUT2D eigenvalue weighted by Crippen LogP contribution is -2.19. The summed E-state index contributed by atoms with van der Waals surface area (Å²) in [6.45, 7) is 9.16. The van der Waals surface area contributed by atoms with Gasteiger partial charge in [0.25, 0.3) is 0 Å². The minimum Gasteiger partial charge on any atom is -0.355 e. The zero-order chi connectivity index (χ0) is 30.7. The summed E-state index contributed by atoms with van der Waals surface area (Å²) in [5.41, 5.74) is 11.5. The quantitative estimate of drug-likeness (QED) is 0.111. The van der Waals surface area contributed by atoms with Gasteiger partial charge >= 0.3 is 0 Å². The fourth-order valence-corrected chi connectivity index (χ4v) is 6.61. The molecule has 6 heterocycles. The summed E-state index contributed by atoms with van der Waals surface area (Å²) in [7, 11) is 0.558. The van der Waals surface area contributed by atoms with Crippen molar-refractivity contribution in [2.45, 2.75) is 71.5 Å². The first-order valence-electron chi connectivity index (χ1n) is 16.0. The average Bonchev–Trinajstić information content (AvgIpc) is 3.82. The van der Waals surface area contributed by atoms with Crippen LogP contribution in [-0.4, -0.2) is 37.6 Å². The summed E-state index contributed by atoms with van der Waals surface area (Å²) in [5, 5.41) is 4.32. The maximum Gasteiger partial charge on any atom is 0.143 e. The van der Waals surface area contributed by atoms with E-state index >= 15 is 0 Å². The molecule has 0 amide bonds. The third kappa shape index (κ3) is 6.56. The van der Waals surface area contributed by atoms with Crippen LogP contribution in [0.1, 0.15) is 80.5 Å². The summed E-state index contributed by atoms with van der Waals surface area (Å²) < 4.78 is 2.08. The van der Waals surface area contributed by atoms with E-state index in [2.05, 4.69) is 117 Å². The van der Waals surface area contributed by atoms with Gasteiger partial charge in [0.2, 0.25) is 0 Å². The van der Waals surface area contributed by atoms with Crippen LogP contribution in [0.5, 0.6) is 0 Å². The van der Waals surface area contributed by atoms with E-state index in [-0.39, 0.29) is 0 Å². The third-order valence-electron chi connectivity index (χ3n) is 8.24. The van der Waals surface area contributed by atoms with Crippen LogP contribution in [0.25, 0.3) is 22.8 Å². The summed E-state index contributed by atoms with van der Waals surface area (Å²) >= 11 is 0. The van der Waals surface area contributed by atoms with E-state index in [0.29, 0.717) is 6.42 Å². The topological polar surface area (TPSA) is 81.0 Å². The molecule has 6 rings (SSSR count). The molecule has 7 heteroatoms. The van der Waals surface area contributed by atoms with Crippen molar-refractivity contribution in [3.63, 3.8) is 0 Å². The molecule has 0 spiro atoms. The second-order valence-corrected chi connectivity index (χ2v) is 17.7. The SMILES string of the molecule is CCCCCCCC1=c2ccc([nH]2)=C(c2nccn2C)c2ccc([nH]2)C=c2ccc([nH]2)=C(CC#C[Si](C)(C)C)c2ccc1[nH]2. The summed E-state index contributed by atoms with van der Waals surface area (Å²) in [6.07, 6.45) is 13.9. The largest absolute Gasteiger partial charge is 0.355 e. The first kappa shape index (κ1) is 29.6. The number of hydrogen-bond donors (Lipinski definition) is 4. The maximum absolute atomic E-state index is 4.75. The molecule has 0 radical (unpaired) electrons. The number of fused-ring (bicyclic) bond motifs is 8. The Labute approximate surface area is 260 Å². The molecule has 0 aromatic carbocycles. The van der Waals surface area contributed by atoms with E-state index in [1.54, 1.807) is 0 Å². The summed E-state index contributed by atoms with van der Waals surface area (Å²) in [6, 6.07) is 17.5. The molecule has 0 saturated carbocycles. The number of nitrogens with one attached hydrogen (secondary N) is 4.